The molecule has 0 bridgehead atoms. The van der Waals surface area contributed by atoms with E-state index in [0.29, 0.717) is 55.6 Å². The first-order chi connectivity index (χ1) is 19.9. The van der Waals surface area contributed by atoms with Crippen molar-refractivity contribution in [2.24, 2.45) is 0 Å². The number of aryl methyl sites for hydroxylation is 2. The number of rotatable bonds is 6. The molecule has 0 atom stereocenters. The van der Waals surface area contributed by atoms with Crippen molar-refractivity contribution < 1.29 is 14.3 Å². The fourth-order valence-electron chi connectivity index (χ4n) is 5.33. The number of ether oxygens (including phenoxy) is 1. The maximum atomic E-state index is 13.1. The van der Waals surface area contributed by atoms with Gasteiger partial charge in [0.2, 0.25) is 5.95 Å². The predicted octanol–water partition coefficient (Wildman–Crippen LogP) is 4.69. The molecule has 9 nitrogen and oxygen atoms in total. The van der Waals surface area contributed by atoms with Crippen LogP contribution < -0.4 is 11.1 Å². The summed E-state index contributed by atoms with van der Waals surface area (Å²) in [7, 11) is 0. The Labute approximate surface area is 242 Å². The van der Waals surface area contributed by atoms with E-state index in [4.69, 9.17) is 15.5 Å². The lowest BCUT2D eigenvalue weighted by Crippen LogP contribution is -2.40. The van der Waals surface area contributed by atoms with E-state index in [1.807, 2.05) is 60.4 Å². The van der Waals surface area contributed by atoms with E-state index in [1.165, 1.54) is 23.3 Å². The highest BCUT2D eigenvalue weighted by Gasteiger charge is 2.20. The Balaban J connectivity index is 1.19. The molecule has 1 fully saturated rings. The first-order valence-corrected chi connectivity index (χ1v) is 14.8. The van der Waals surface area contributed by atoms with Gasteiger partial charge in [-0.25, -0.2) is 4.98 Å². The molecule has 0 unspecified atom stereocenters. The van der Waals surface area contributed by atoms with Crippen LogP contribution in [-0.2, 0) is 24.0 Å². The van der Waals surface area contributed by atoms with E-state index >= 15 is 0 Å². The van der Waals surface area contributed by atoms with Crippen molar-refractivity contribution in [3.8, 4) is 11.4 Å². The number of benzene rings is 2. The van der Waals surface area contributed by atoms with Crippen molar-refractivity contribution in [3.05, 3.63) is 86.4 Å². The molecule has 6 rings (SSSR count). The molecular formula is C31H32N6O3S. The highest BCUT2D eigenvalue weighted by molar-refractivity contribution is 7.14. The highest BCUT2D eigenvalue weighted by atomic mass is 32.1. The van der Waals surface area contributed by atoms with Crippen LogP contribution in [0.25, 0.3) is 11.4 Å². The number of nitrogen functional groups attached to an aromatic ring is 1. The number of nitrogens with two attached hydrogens (primary N) is 1. The number of nitrogens with zero attached hydrogens (tertiary/aromatic N) is 4. The molecule has 2 aromatic carbocycles. The monoisotopic (exact) mass is 568 g/mol. The summed E-state index contributed by atoms with van der Waals surface area (Å²) in [6.07, 6.45) is 4.91. The number of fused-ring (bicyclic) bond motifs is 1. The van der Waals surface area contributed by atoms with Gasteiger partial charge in [0.25, 0.3) is 11.8 Å². The maximum Gasteiger partial charge on any atom is 0.265 e. The molecule has 1 aliphatic carbocycles. The molecule has 210 valence electrons. The van der Waals surface area contributed by atoms with Crippen LogP contribution in [0.1, 0.15) is 60.3 Å². The molecular weight excluding hydrogens is 536 g/mol. The van der Waals surface area contributed by atoms with Gasteiger partial charge in [0, 0.05) is 41.2 Å². The van der Waals surface area contributed by atoms with Gasteiger partial charge in [-0.15, -0.1) is 11.3 Å². The fraction of sp³-hybridized carbons (Fsp3) is 0.323. The maximum absolute atomic E-state index is 13.1. The molecule has 1 aliphatic heterocycles. The van der Waals surface area contributed by atoms with Crippen LogP contribution in [0.3, 0.4) is 0 Å². The third-order valence-corrected chi connectivity index (χ3v) is 8.84. The first-order valence-electron chi connectivity index (χ1n) is 13.9. The topological polar surface area (TPSA) is 123 Å². The Kier molecular flexibility index (Phi) is 7.76. The van der Waals surface area contributed by atoms with Gasteiger partial charge in [-0.2, -0.15) is 9.97 Å². The van der Waals surface area contributed by atoms with Gasteiger partial charge in [-0.3, -0.25) is 9.59 Å². The van der Waals surface area contributed by atoms with Crippen molar-refractivity contribution in [2.45, 2.75) is 39.0 Å². The quantitative estimate of drug-likeness (QED) is 0.346. The summed E-state index contributed by atoms with van der Waals surface area (Å²) < 4.78 is 5.34. The zero-order chi connectivity index (χ0) is 28.3. The summed E-state index contributed by atoms with van der Waals surface area (Å²) in [6.45, 7) is 4.28. The second-order valence-corrected chi connectivity index (χ2v) is 11.5. The van der Waals surface area contributed by atoms with Crippen molar-refractivity contribution in [1.82, 2.24) is 19.9 Å². The zero-order valence-corrected chi connectivity index (χ0v) is 23.8. The minimum atomic E-state index is -0.101. The minimum absolute atomic E-state index is 0.00710. The molecule has 0 radical (unpaired) electrons. The normalized spacial score (nSPS) is 14.9. The number of nitrogens with one attached hydrogen (secondary N) is 1. The smallest absolute Gasteiger partial charge is 0.265 e. The Morgan fingerprint density at radius 1 is 1.02 bits per heavy atom. The Bertz CT molecular complexity index is 1570. The van der Waals surface area contributed by atoms with E-state index in [1.54, 1.807) is 11.3 Å². The highest BCUT2D eigenvalue weighted by Crippen LogP contribution is 2.31. The van der Waals surface area contributed by atoms with Crippen LogP contribution in [0.4, 0.5) is 11.6 Å². The number of morpholine rings is 1. The summed E-state index contributed by atoms with van der Waals surface area (Å²) in [5, 5.41) is 3.08. The average molecular weight is 569 g/mol. The number of carbonyl (C=O) groups is 2. The van der Waals surface area contributed by atoms with Gasteiger partial charge >= 0.3 is 0 Å². The second-order valence-electron chi connectivity index (χ2n) is 10.4. The molecule has 2 aliphatic rings. The van der Waals surface area contributed by atoms with Crippen LogP contribution in [0.5, 0.6) is 0 Å². The molecule has 41 heavy (non-hydrogen) atoms. The molecule has 0 saturated carbocycles. The molecule has 4 aromatic rings. The minimum Gasteiger partial charge on any atom is -0.378 e. The standard InChI is InChI=1S/C31H32N6O3S/c1-19-23(6-4-7-24(19)33-29(38)26-18-22-5-2-3-8-25(22)41-26)28-34-27(35-31(32)36-28)17-20-9-11-21(12-10-20)30(39)37-13-15-40-16-14-37/h4,6-7,9-12,18H,2-3,5,8,13-17H2,1H3,(H,33,38)(H2,32,34,35,36). The van der Waals surface area contributed by atoms with Gasteiger partial charge < -0.3 is 20.7 Å². The zero-order valence-electron chi connectivity index (χ0n) is 23.0. The van der Waals surface area contributed by atoms with Gasteiger partial charge in [0.15, 0.2) is 5.82 Å². The van der Waals surface area contributed by atoms with E-state index in [0.717, 1.165) is 34.4 Å². The summed E-state index contributed by atoms with van der Waals surface area (Å²) in [6, 6.07) is 15.2. The summed E-state index contributed by atoms with van der Waals surface area (Å²) >= 11 is 1.60. The van der Waals surface area contributed by atoms with E-state index in [-0.39, 0.29) is 17.8 Å². The number of hydrogen-bond acceptors (Lipinski definition) is 8. The second kappa shape index (κ2) is 11.8. The van der Waals surface area contributed by atoms with Crippen molar-refractivity contribution in [3.63, 3.8) is 0 Å². The third kappa shape index (κ3) is 5.98. The van der Waals surface area contributed by atoms with Gasteiger partial charge in [0.1, 0.15) is 5.82 Å². The lowest BCUT2D eigenvalue weighted by molar-refractivity contribution is 0.0303. The SMILES string of the molecule is Cc1c(NC(=O)c2cc3c(s2)CCCC3)cccc1-c1nc(N)nc(Cc2ccc(C(=O)N3CCOCC3)cc2)n1. The molecule has 0 spiro atoms. The van der Waals surface area contributed by atoms with Gasteiger partial charge in [-0.1, -0.05) is 24.3 Å². The lowest BCUT2D eigenvalue weighted by Gasteiger charge is -2.26. The summed E-state index contributed by atoms with van der Waals surface area (Å²) in [4.78, 5) is 43.2. The van der Waals surface area contributed by atoms with Crippen LogP contribution in [0, 0.1) is 6.92 Å². The number of amides is 2. The number of anilines is 2. The third-order valence-electron chi connectivity index (χ3n) is 7.60. The van der Waals surface area contributed by atoms with Gasteiger partial charge in [0.05, 0.1) is 18.1 Å². The number of hydrogen-bond donors (Lipinski definition) is 2. The summed E-state index contributed by atoms with van der Waals surface area (Å²) in [5.74, 6) is 1.01. The molecule has 3 heterocycles. The largest absolute Gasteiger partial charge is 0.378 e. The lowest BCUT2D eigenvalue weighted by atomic mass is 9.99. The number of thiophene rings is 1. The van der Waals surface area contributed by atoms with Crippen molar-refractivity contribution >= 4 is 34.8 Å². The van der Waals surface area contributed by atoms with Crippen molar-refractivity contribution in [1.29, 1.82) is 0 Å². The predicted molar refractivity (Wildman–Crippen MR) is 159 cm³/mol. The molecule has 3 N–H and O–H groups in total. The van der Waals surface area contributed by atoms with Crippen LogP contribution in [-0.4, -0.2) is 58.0 Å². The summed E-state index contributed by atoms with van der Waals surface area (Å²) in [5.41, 5.74) is 11.3. The van der Waals surface area contributed by atoms with Gasteiger partial charge in [-0.05, 0) is 73.6 Å². The van der Waals surface area contributed by atoms with Crippen LogP contribution >= 0.6 is 11.3 Å². The Hall–Kier alpha value is -4.15. The van der Waals surface area contributed by atoms with Crippen LogP contribution in [0.15, 0.2) is 48.5 Å². The van der Waals surface area contributed by atoms with E-state index in [9.17, 15) is 9.59 Å². The Morgan fingerprint density at radius 2 is 1.80 bits per heavy atom. The molecule has 2 aromatic heterocycles. The van der Waals surface area contributed by atoms with Crippen molar-refractivity contribution in [2.75, 3.05) is 37.4 Å². The number of aromatic nitrogens is 3. The molecule has 1 saturated heterocycles. The van der Waals surface area contributed by atoms with Crippen LogP contribution in [0.2, 0.25) is 0 Å². The molecule has 10 heteroatoms. The van der Waals surface area contributed by atoms with E-state index in [2.05, 4.69) is 15.3 Å². The molecule has 2 amide bonds. The number of carbonyl (C=O) groups excluding carboxylic acids is 2. The van der Waals surface area contributed by atoms with E-state index < -0.39 is 0 Å². The Morgan fingerprint density at radius 3 is 2.59 bits per heavy atom. The first kappa shape index (κ1) is 27.0. The average Bonchev–Trinajstić information content (AvgIpc) is 3.43. The fourth-order valence-corrected chi connectivity index (χ4v) is 6.48.